The van der Waals surface area contributed by atoms with Gasteiger partial charge in [-0.2, -0.15) is 15.0 Å². The Morgan fingerprint density at radius 2 is 1.60 bits per heavy atom. The molecule has 0 spiro atoms. The number of amides is 1. The number of primary amides is 1. The van der Waals surface area contributed by atoms with Gasteiger partial charge in [0.05, 0.1) is 11.4 Å². The smallest absolute Gasteiger partial charge is 0.248 e. The molecule has 1 aromatic heterocycles. The van der Waals surface area contributed by atoms with Crippen LogP contribution in [0.5, 0.6) is 0 Å². The third-order valence-electron chi connectivity index (χ3n) is 8.71. The van der Waals surface area contributed by atoms with E-state index in [-0.39, 0.29) is 6.04 Å². The highest BCUT2D eigenvalue weighted by molar-refractivity contribution is 5.95. The third kappa shape index (κ3) is 7.76. The molecule has 1 aliphatic heterocycles. The van der Waals surface area contributed by atoms with E-state index in [1.165, 1.54) is 16.3 Å². The number of anilines is 5. The second-order valence-corrected chi connectivity index (χ2v) is 12.7. The summed E-state index contributed by atoms with van der Waals surface area (Å²) >= 11 is 0. The summed E-state index contributed by atoms with van der Waals surface area (Å²) in [6.07, 6.45) is 0.962. The first-order valence-corrected chi connectivity index (χ1v) is 16.8. The molecule has 1 unspecified atom stereocenters. The lowest BCUT2D eigenvalue weighted by molar-refractivity contribution is 0.100. The van der Waals surface area contributed by atoms with E-state index in [2.05, 4.69) is 94.2 Å². The number of hydrogen-bond donors (Lipinski definition) is 4. The number of carbonyl (C=O) groups is 1. The highest BCUT2D eigenvalue weighted by Gasteiger charge is 2.31. The first kappa shape index (κ1) is 32.6. The summed E-state index contributed by atoms with van der Waals surface area (Å²) in [5.41, 5.74) is 10.5. The number of benzene rings is 4. The summed E-state index contributed by atoms with van der Waals surface area (Å²) in [6, 6.07) is 30.9. The van der Waals surface area contributed by atoms with E-state index in [0.717, 1.165) is 43.0 Å². The molecule has 10 nitrogen and oxygen atoms in total. The summed E-state index contributed by atoms with van der Waals surface area (Å²) in [5, 5.41) is 12.8. The molecule has 6 rings (SSSR count). The Morgan fingerprint density at radius 3 is 2.38 bits per heavy atom. The Hall–Kier alpha value is -5.38. The van der Waals surface area contributed by atoms with Crippen LogP contribution in [-0.4, -0.2) is 53.1 Å². The molecule has 248 valence electrons. The zero-order valence-corrected chi connectivity index (χ0v) is 28.0. The van der Waals surface area contributed by atoms with Crippen molar-refractivity contribution in [1.82, 2.24) is 15.0 Å². The van der Waals surface area contributed by atoms with Gasteiger partial charge >= 0.3 is 0 Å². The molecular weight excluding hydrogens is 598 g/mol. The highest BCUT2D eigenvalue weighted by Crippen LogP contribution is 2.32. The third-order valence-corrected chi connectivity index (χ3v) is 8.71. The fraction of sp³-hybridized carbons (Fsp3) is 0.316. The van der Waals surface area contributed by atoms with E-state index in [1.807, 2.05) is 43.3 Å². The van der Waals surface area contributed by atoms with Crippen LogP contribution in [0.25, 0.3) is 10.8 Å². The van der Waals surface area contributed by atoms with Gasteiger partial charge in [-0.15, -0.1) is 0 Å². The molecule has 4 aromatic carbocycles. The minimum Gasteiger partial charge on any atom is -0.379 e. The van der Waals surface area contributed by atoms with E-state index < -0.39 is 5.91 Å². The van der Waals surface area contributed by atoms with E-state index in [9.17, 15) is 4.79 Å². The van der Waals surface area contributed by atoms with Crippen LogP contribution in [0.3, 0.4) is 0 Å². The maximum atomic E-state index is 12.1. The van der Waals surface area contributed by atoms with E-state index in [0.29, 0.717) is 49.0 Å². The van der Waals surface area contributed by atoms with Gasteiger partial charge in [0.2, 0.25) is 23.8 Å². The van der Waals surface area contributed by atoms with Gasteiger partial charge in [-0.1, -0.05) is 86.6 Å². The summed E-state index contributed by atoms with van der Waals surface area (Å²) in [6.45, 7) is 10.7. The van der Waals surface area contributed by atoms with Gasteiger partial charge in [0.25, 0.3) is 0 Å². The fourth-order valence-electron chi connectivity index (χ4n) is 6.41. The van der Waals surface area contributed by atoms with Crippen molar-refractivity contribution in [3.8, 4) is 0 Å². The van der Waals surface area contributed by atoms with Gasteiger partial charge in [-0.05, 0) is 59.4 Å². The number of rotatable bonds is 13. The summed E-state index contributed by atoms with van der Waals surface area (Å²) in [4.78, 5) is 31.4. The van der Waals surface area contributed by atoms with Gasteiger partial charge in [-0.25, -0.2) is 0 Å². The van der Waals surface area contributed by atoms with Crippen LogP contribution in [0.1, 0.15) is 48.7 Å². The molecule has 10 heteroatoms. The average molecular weight is 644 g/mol. The van der Waals surface area contributed by atoms with Crippen molar-refractivity contribution in [2.45, 2.75) is 46.3 Å². The Labute approximate surface area is 282 Å². The van der Waals surface area contributed by atoms with Crippen molar-refractivity contribution in [2.24, 2.45) is 11.7 Å². The van der Waals surface area contributed by atoms with Crippen LogP contribution in [0.2, 0.25) is 0 Å². The quantitative estimate of drug-likeness (QED) is 0.114. The molecular formula is C38H45N9O. The maximum absolute atomic E-state index is 12.1. The molecule has 1 aliphatic rings. The van der Waals surface area contributed by atoms with Crippen molar-refractivity contribution in [1.29, 1.82) is 0 Å². The number of carbonyl (C=O) groups excluding carboxylic acids is 1. The fourth-order valence-corrected chi connectivity index (χ4v) is 6.41. The van der Waals surface area contributed by atoms with Gasteiger partial charge < -0.3 is 31.5 Å². The summed E-state index contributed by atoms with van der Waals surface area (Å²) in [5.74, 6) is 1.79. The summed E-state index contributed by atoms with van der Waals surface area (Å²) < 4.78 is 0. The van der Waals surface area contributed by atoms with Gasteiger partial charge in [-0.3, -0.25) is 4.79 Å². The second kappa shape index (κ2) is 15.0. The van der Waals surface area contributed by atoms with Crippen LogP contribution in [0, 0.1) is 5.92 Å². The van der Waals surface area contributed by atoms with Crippen molar-refractivity contribution in [3.63, 3.8) is 0 Å². The predicted molar refractivity (Wildman–Crippen MR) is 197 cm³/mol. The van der Waals surface area contributed by atoms with E-state index in [4.69, 9.17) is 20.7 Å². The number of nitrogens with two attached hydrogens (primary N) is 1. The van der Waals surface area contributed by atoms with Gasteiger partial charge in [0.1, 0.15) is 0 Å². The maximum Gasteiger partial charge on any atom is 0.248 e. The number of fused-ring (bicyclic) bond motifs is 1. The number of nitrogens with zero attached hydrogens (tertiary/aromatic N) is 5. The van der Waals surface area contributed by atoms with Crippen molar-refractivity contribution in [2.75, 3.05) is 51.9 Å². The zero-order chi connectivity index (χ0) is 33.5. The lowest BCUT2D eigenvalue weighted by Gasteiger charge is -2.43. The molecule has 48 heavy (non-hydrogen) atoms. The number of piperazine rings is 1. The molecule has 1 fully saturated rings. The number of hydrogen-bond acceptors (Lipinski definition) is 9. The molecule has 0 saturated carbocycles. The number of nitrogens with one attached hydrogen (secondary N) is 3. The van der Waals surface area contributed by atoms with E-state index >= 15 is 0 Å². The van der Waals surface area contributed by atoms with Crippen molar-refractivity contribution in [3.05, 3.63) is 108 Å². The van der Waals surface area contributed by atoms with Crippen LogP contribution < -0.4 is 31.5 Å². The molecule has 1 saturated heterocycles. The first-order chi connectivity index (χ1) is 23.4. The molecule has 0 radical (unpaired) electrons. The predicted octanol–water partition coefficient (Wildman–Crippen LogP) is 6.52. The summed E-state index contributed by atoms with van der Waals surface area (Å²) in [7, 11) is 0. The minimum absolute atomic E-state index is 0.152. The average Bonchev–Trinajstić information content (AvgIpc) is 3.10. The molecule has 5 N–H and O–H groups in total. The molecule has 1 atom stereocenters. The van der Waals surface area contributed by atoms with Crippen LogP contribution in [0.4, 0.5) is 29.2 Å². The van der Waals surface area contributed by atoms with E-state index in [1.54, 1.807) is 0 Å². The molecule has 1 amide bonds. The highest BCUT2D eigenvalue weighted by atomic mass is 16.1. The van der Waals surface area contributed by atoms with Crippen LogP contribution in [0.15, 0.2) is 91.0 Å². The van der Waals surface area contributed by atoms with Crippen molar-refractivity contribution >= 4 is 45.9 Å². The Balaban J connectivity index is 1.26. The first-order valence-electron chi connectivity index (χ1n) is 16.8. The largest absolute Gasteiger partial charge is 0.379 e. The lowest BCUT2D eigenvalue weighted by atomic mass is 9.99. The molecule has 0 bridgehead atoms. The molecule has 5 aromatic rings. The van der Waals surface area contributed by atoms with Crippen LogP contribution in [-0.2, 0) is 13.1 Å². The monoisotopic (exact) mass is 643 g/mol. The normalized spacial score (nSPS) is 14.7. The SMILES string of the molecule is CCNc1nc(NCc2cccc3ccccc23)nc(N2CCN(c3ccc(C(N)=O)cc3NCc3ccccc3)CC2CC(C)C)n1. The van der Waals surface area contributed by atoms with Crippen LogP contribution >= 0.6 is 0 Å². The second-order valence-electron chi connectivity index (χ2n) is 12.7. The van der Waals surface area contributed by atoms with Gasteiger partial charge in [0, 0.05) is 50.9 Å². The zero-order valence-electron chi connectivity index (χ0n) is 28.0. The number of aromatic nitrogens is 3. The lowest BCUT2D eigenvalue weighted by Crippen LogP contribution is -2.54. The molecule has 2 heterocycles. The Bertz CT molecular complexity index is 1840. The topological polar surface area (TPSA) is 124 Å². The minimum atomic E-state index is -0.442. The standard InChI is InChI=1S/C38H45N9O/c1-4-40-36-43-37(42-24-30-15-10-14-28-13-8-9-16-32(28)30)45-38(44-36)47-20-19-46(25-31(47)21-26(2)3)34-18-17-29(35(39)48)22-33(34)41-23-27-11-6-5-7-12-27/h5-18,22,26,31,41H,4,19-21,23-25H2,1-3H3,(H2,39,48)(H2,40,42,43,44,45). The van der Waals surface area contributed by atoms with Crippen molar-refractivity contribution < 1.29 is 4.79 Å². The Morgan fingerprint density at radius 1 is 0.854 bits per heavy atom. The Kier molecular flexibility index (Phi) is 10.2. The molecule has 0 aliphatic carbocycles. The van der Waals surface area contributed by atoms with Gasteiger partial charge in [0.15, 0.2) is 0 Å².